The molecule has 0 spiro atoms. The van der Waals surface area contributed by atoms with Crippen molar-refractivity contribution < 1.29 is 19.5 Å². The molecule has 0 aliphatic heterocycles. The molecule has 18 heavy (non-hydrogen) atoms. The smallest absolute Gasteiger partial charge is 0.321 e. The van der Waals surface area contributed by atoms with Crippen molar-refractivity contribution in [3.05, 3.63) is 0 Å². The van der Waals surface area contributed by atoms with Crippen LogP contribution in [0.1, 0.15) is 51.9 Å². The average Bonchev–Trinajstić information content (AvgIpc) is 2.28. The summed E-state index contributed by atoms with van der Waals surface area (Å²) in [6.45, 7) is 2.66. The Kier molecular flexibility index (Phi) is 9.62. The lowest BCUT2D eigenvalue weighted by Gasteiger charge is -2.06. The first-order valence-corrected chi connectivity index (χ1v) is 6.35. The van der Waals surface area contributed by atoms with Gasteiger partial charge in [-0.3, -0.25) is 14.9 Å². The first-order chi connectivity index (χ1) is 8.56. The maximum absolute atomic E-state index is 11.2. The van der Waals surface area contributed by atoms with Crippen LogP contribution in [0, 0.1) is 0 Å². The third-order valence-electron chi connectivity index (χ3n) is 2.36. The van der Waals surface area contributed by atoms with Gasteiger partial charge >= 0.3 is 12.0 Å². The molecule has 0 heterocycles. The summed E-state index contributed by atoms with van der Waals surface area (Å²) < 4.78 is 0. The van der Waals surface area contributed by atoms with E-state index in [-0.39, 0.29) is 19.3 Å². The van der Waals surface area contributed by atoms with Gasteiger partial charge in [-0.25, -0.2) is 4.79 Å². The van der Waals surface area contributed by atoms with Gasteiger partial charge in [-0.2, -0.15) is 0 Å². The number of imide groups is 1. The van der Waals surface area contributed by atoms with Crippen molar-refractivity contribution >= 4 is 17.9 Å². The molecule has 0 aliphatic rings. The molecule has 104 valence electrons. The third-order valence-corrected chi connectivity index (χ3v) is 2.36. The van der Waals surface area contributed by atoms with Crippen LogP contribution < -0.4 is 10.6 Å². The zero-order chi connectivity index (χ0) is 13.8. The minimum absolute atomic E-state index is 0.0511. The Bertz CT molecular complexity index is 279. The number of carboxylic acid groups (broad SMARTS) is 1. The average molecular weight is 258 g/mol. The fourth-order valence-corrected chi connectivity index (χ4v) is 1.39. The molecule has 0 radical (unpaired) electrons. The summed E-state index contributed by atoms with van der Waals surface area (Å²) >= 11 is 0. The van der Waals surface area contributed by atoms with Gasteiger partial charge in [-0.1, -0.05) is 26.2 Å². The van der Waals surface area contributed by atoms with Crippen LogP contribution in [0.15, 0.2) is 0 Å². The molecule has 0 aromatic rings. The molecule has 0 rings (SSSR count). The Hall–Kier alpha value is -1.59. The van der Waals surface area contributed by atoms with Gasteiger partial charge in [-0.05, 0) is 12.8 Å². The summed E-state index contributed by atoms with van der Waals surface area (Å²) in [5.41, 5.74) is 0. The van der Waals surface area contributed by atoms with Crippen LogP contribution in [0.2, 0.25) is 0 Å². The van der Waals surface area contributed by atoms with Crippen molar-refractivity contribution in [2.24, 2.45) is 0 Å². The van der Waals surface area contributed by atoms with Crippen molar-refractivity contribution in [3.63, 3.8) is 0 Å². The second-order valence-corrected chi connectivity index (χ2v) is 4.11. The lowest BCUT2D eigenvalue weighted by Crippen LogP contribution is -2.39. The van der Waals surface area contributed by atoms with E-state index in [0.29, 0.717) is 6.54 Å². The van der Waals surface area contributed by atoms with Crippen molar-refractivity contribution in [2.45, 2.75) is 51.9 Å². The van der Waals surface area contributed by atoms with E-state index in [2.05, 4.69) is 17.6 Å². The number of nitrogens with one attached hydrogen (secondary N) is 2. The molecular weight excluding hydrogens is 236 g/mol. The summed E-state index contributed by atoms with van der Waals surface area (Å²) in [7, 11) is 0. The highest BCUT2D eigenvalue weighted by Crippen LogP contribution is 1.97. The minimum atomic E-state index is -0.942. The number of hydrogen-bond acceptors (Lipinski definition) is 3. The first kappa shape index (κ1) is 16.4. The fraction of sp³-hybridized carbons (Fsp3) is 0.750. The van der Waals surface area contributed by atoms with Gasteiger partial charge in [0.25, 0.3) is 0 Å². The predicted molar refractivity (Wildman–Crippen MR) is 67.2 cm³/mol. The van der Waals surface area contributed by atoms with E-state index in [9.17, 15) is 14.4 Å². The van der Waals surface area contributed by atoms with E-state index in [1.165, 1.54) is 0 Å². The number of aliphatic carboxylic acids is 1. The molecule has 0 fully saturated rings. The number of amides is 3. The Morgan fingerprint density at radius 3 is 2.33 bits per heavy atom. The quantitative estimate of drug-likeness (QED) is 0.548. The molecule has 0 saturated carbocycles. The highest BCUT2D eigenvalue weighted by Gasteiger charge is 2.07. The van der Waals surface area contributed by atoms with Crippen molar-refractivity contribution in [2.75, 3.05) is 6.54 Å². The van der Waals surface area contributed by atoms with Crippen LogP contribution >= 0.6 is 0 Å². The van der Waals surface area contributed by atoms with Gasteiger partial charge < -0.3 is 10.4 Å². The Morgan fingerprint density at radius 2 is 1.72 bits per heavy atom. The molecule has 0 aromatic carbocycles. The summed E-state index contributed by atoms with van der Waals surface area (Å²) in [5.74, 6) is -1.38. The van der Waals surface area contributed by atoms with Crippen LogP contribution in [-0.2, 0) is 9.59 Å². The van der Waals surface area contributed by atoms with Crippen LogP contribution in [0.25, 0.3) is 0 Å². The minimum Gasteiger partial charge on any atom is -0.481 e. The maximum Gasteiger partial charge on any atom is 0.321 e. The Labute approximate surface area is 107 Å². The molecule has 0 atom stereocenters. The molecule has 0 bridgehead atoms. The molecule has 6 nitrogen and oxygen atoms in total. The van der Waals surface area contributed by atoms with Crippen LogP contribution in [-0.4, -0.2) is 29.6 Å². The number of hydrogen-bond donors (Lipinski definition) is 3. The fourth-order valence-electron chi connectivity index (χ4n) is 1.39. The van der Waals surface area contributed by atoms with Gasteiger partial charge in [0, 0.05) is 19.4 Å². The number of carboxylic acids is 1. The van der Waals surface area contributed by atoms with E-state index in [4.69, 9.17) is 5.11 Å². The Morgan fingerprint density at radius 1 is 1.00 bits per heavy atom. The topological polar surface area (TPSA) is 95.5 Å². The number of unbranched alkanes of at least 4 members (excludes halogenated alkanes) is 3. The first-order valence-electron chi connectivity index (χ1n) is 6.35. The maximum atomic E-state index is 11.2. The molecule has 0 saturated heterocycles. The number of urea groups is 1. The summed E-state index contributed by atoms with van der Waals surface area (Å²) in [4.78, 5) is 32.6. The van der Waals surface area contributed by atoms with Gasteiger partial charge in [0.1, 0.15) is 0 Å². The van der Waals surface area contributed by atoms with Crippen molar-refractivity contribution in [1.29, 1.82) is 0 Å². The van der Waals surface area contributed by atoms with Crippen molar-refractivity contribution in [1.82, 2.24) is 10.6 Å². The highest BCUT2D eigenvalue weighted by molar-refractivity contribution is 5.94. The van der Waals surface area contributed by atoms with Gasteiger partial charge in [-0.15, -0.1) is 0 Å². The van der Waals surface area contributed by atoms with Crippen LogP contribution in [0.4, 0.5) is 4.79 Å². The normalized spacial score (nSPS) is 9.83. The molecule has 0 unspecified atom stereocenters. The molecule has 0 aromatic heterocycles. The third kappa shape index (κ3) is 10.9. The number of rotatable bonds is 9. The summed E-state index contributed by atoms with van der Waals surface area (Å²) in [6, 6.07) is -0.508. The molecule has 0 aliphatic carbocycles. The molecular formula is C12H22N2O4. The van der Waals surface area contributed by atoms with E-state index in [1.807, 2.05) is 0 Å². The number of carbonyl (C=O) groups is 3. The second kappa shape index (κ2) is 10.6. The van der Waals surface area contributed by atoms with E-state index >= 15 is 0 Å². The van der Waals surface area contributed by atoms with E-state index < -0.39 is 17.9 Å². The second-order valence-electron chi connectivity index (χ2n) is 4.11. The summed E-state index contributed by atoms with van der Waals surface area (Å²) in [5, 5.41) is 13.1. The van der Waals surface area contributed by atoms with Crippen molar-refractivity contribution in [3.8, 4) is 0 Å². The molecule has 6 heteroatoms. The zero-order valence-electron chi connectivity index (χ0n) is 10.8. The number of carbonyl (C=O) groups excluding carboxylic acids is 2. The largest absolute Gasteiger partial charge is 0.481 e. The summed E-state index contributed by atoms with van der Waals surface area (Å²) in [6.07, 6.45) is 4.45. The highest BCUT2D eigenvalue weighted by atomic mass is 16.4. The zero-order valence-corrected chi connectivity index (χ0v) is 10.8. The SMILES string of the molecule is CCCCCCNC(=O)NC(=O)CCCC(=O)O. The van der Waals surface area contributed by atoms with Gasteiger partial charge in [0.2, 0.25) is 5.91 Å². The lowest BCUT2D eigenvalue weighted by atomic mass is 10.2. The monoisotopic (exact) mass is 258 g/mol. The molecule has 3 amide bonds. The molecule has 3 N–H and O–H groups in total. The predicted octanol–water partition coefficient (Wildman–Crippen LogP) is 1.65. The van der Waals surface area contributed by atoms with Crippen LogP contribution in [0.3, 0.4) is 0 Å². The van der Waals surface area contributed by atoms with Crippen LogP contribution in [0.5, 0.6) is 0 Å². The Balaban J connectivity index is 3.49. The van der Waals surface area contributed by atoms with Gasteiger partial charge in [0.15, 0.2) is 0 Å². The van der Waals surface area contributed by atoms with E-state index in [1.54, 1.807) is 0 Å². The standard InChI is InChI=1S/C12H22N2O4/c1-2-3-4-5-9-13-12(18)14-10(15)7-6-8-11(16)17/h2-9H2,1H3,(H,16,17)(H2,13,14,15,18). The lowest BCUT2D eigenvalue weighted by molar-refractivity contribution is -0.137. The van der Waals surface area contributed by atoms with Gasteiger partial charge in [0.05, 0.1) is 0 Å². The van der Waals surface area contributed by atoms with E-state index in [0.717, 1.165) is 25.7 Å².